The number of carbonyl (C=O) groups is 1. The fourth-order valence-corrected chi connectivity index (χ4v) is 1.59. The number of benzene rings is 1. The molecule has 1 heterocycles. The minimum Gasteiger partial charge on any atom is -0.488 e. The van der Waals surface area contributed by atoms with Gasteiger partial charge in [0.1, 0.15) is 11.9 Å². The molecule has 16 heavy (non-hydrogen) atoms. The number of carbonyl (C=O) groups excluding carboxylic acids is 1. The van der Waals surface area contributed by atoms with E-state index in [1.54, 1.807) is 24.3 Å². The normalized spacial score (nSPS) is 19.4. The van der Waals surface area contributed by atoms with Gasteiger partial charge in [-0.2, -0.15) is 0 Å². The summed E-state index contributed by atoms with van der Waals surface area (Å²) >= 11 is 0. The summed E-state index contributed by atoms with van der Waals surface area (Å²) < 4.78 is 15.5. The molecule has 2 rings (SSSR count). The van der Waals surface area contributed by atoms with Crippen molar-refractivity contribution in [1.82, 2.24) is 0 Å². The van der Waals surface area contributed by atoms with Gasteiger partial charge in [0.25, 0.3) is 0 Å². The summed E-state index contributed by atoms with van der Waals surface area (Å²) in [6.07, 6.45) is 1.04. The summed E-state index contributed by atoms with van der Waals surface area (Å²) in [7, 11) is 1.36. The number of methoxy groups -OCH3 is 1. The number of hydrogen-bond donors (Lipinski definition) is 0. The van der Waals surface area contributed by atoms with Crippen LogP contribution in [-0.4, -0.2) is 32.4 Å². The number of esters is 1. The van der Waals surface area contributed by atoms with Crippen molar-refractivity contribution in [2.75, 3.05) is 20.3 Å². The molecule has 0 unspecified atom stereocenters. The van der Waals surface area contributed by atoms with E-state index in [0.717, 1.165) is 18.8 Å². The van der Waals surface area contributed by atoms with Crippen LogP contribution in [0.4, 0.5) is 0 Å². The average molecular weight is 222 g/mol. The van der Waals surface area contributed by atoms with Gasteiger partial charge in [-0.3, -0.25) is 0 Å². The van der Waals surface area contributed by atoms with Crippen molar-refractivity contribution in [3.63, 3.8) is 0 Å². The topological polar surface area (TPSA) is 44.8 Å². The van der Waals surface area contributed by atoms with Crippen molar-refractivity contribution in [3.8, 4) is 5.75 Å². The third-order valence-electron chi connectivity index (χ3n) is 2.47. The first kappa shape index (κ1) is 11.0. The van der Waals surface area contributed by atoms with Crippen LogP contribution in [0.5, 0.6) is 5.75 Å². The van der Waals surface area contributed by atoms with Gasteiger partial charge in [-0.05, 0) is 24.3 Å². The molecule has 0 radical (unpaired) electrons. The van der Waals surface area contributed by atoms with Crippen LogP contribution in [-0.2, 0) is 9.47 Å². The van der Waals surface area contributed by atoms with Crippen LogP contribution in [0, 0.1) is 0 Å². The summed E-state index contributed by atoms with van der Waals surface area (Å²) in [6.45, 7) is 1.39. The van der Waals surface area contributed by atoms with E-state index in [-0.39, 0.29) is 12.1 Å². The molecule has 0 saturated carbocycles. The third kappa shape index (κ3) is 2.52. The lowest BCUT2D eigenvalue weighted by Gasteiger charge is -2.11. The zero-order valence-electron chi connectivity index (χ0n) is 9.14. The summed E-state index contributed by atoms with van der Waals surface area (Å²) in [6, 6.07) is 6.92. The van der Waals surface area contributed by atoms with Crippen LogP contribution in [0.1, 0.15) is 16.8 Å². The quantitative estimate of drug-likeness (QED) is 0.729. The highest BCUT2D eigenvalue weighted by Gasteiger charge is 2.17. The predicted molar refractivity (Wildman–Crippen MR) is 57.6 cm³/mol. The Bertz CT molecular complexity index is 352. The summed E-state index contributed by atoms with van der Waals surface area (Å²) in [5.41, 5.74) is 0.525. The van der Waals surface area contributed by atoms with Crippen molar-refractivity contribution < 1.29 is 19.0 Å². The average Bonchev–Trinajstić information content (AvgIpc) is 2.82. The first-order chi connectivity index (χ1) is 7.79. The van der Waals surface area contributed by atoms with Crippen molar-refractivity contribution in [3.05, 3.63) is 29.8 Å². The first-order valence-electron chi connectivity index (χ1n) is 5.22. The SMILES string of the molecule is COC(=O)c1ccc(O[C@H]2CCOC2)cc1. The maximum atomic E-state index is 11.2. The molecule has 0 N–H and O–H groups in total. The Labute approximate surface area is 94.1 Å². The lowest BCUT2D eigenvalue weighted by Crippen LogP contribution is -2.15. The van der Waals surface area contributed by atoms with Gasteiger partial charge >= 0.3 is 5.97 Å². The highest BCUT2D eigenvalue weighted by molar-refractivity contribution is 5.89. The molecule has 1 aliphatic heterocycles. The van der Waals surface area contributed by atoms with Gasteiger partial charge in [0, 0.05) is 6.42 Å². The lowest BCUT2D eigenvalue weighted by molar-refractivity contribution is 0.0600. The van der Waals surface area contributed by atoms with Crippen molar-refractivity contribution in [2.24, 2.45) is 0 Å². The van der Waals surface area contributed by atoms with Crippen LogP contribution in [0.2, 0.25) is 0 Å². The standard InChI is InChI=1S/C12H14O4/c1-14-12(13)9-2-4-10(5-3-9)16-11-6-7-15-8-11/h2-5,11H,6-8H2,1H3/t11-/m0/s1. The molecule has 0 bridgehead atoms. The maximum Gasteiger partial charge on any atom is 0.337 e. The largest absolute Gasteiger partial charge is 0.488 e. The van der Waals surface area contributed by atoms with Crippen LogP contribution in [0.3, 0.4) is 0 Å². The van der Waals surface area contributed by atoms with Crippen molar-refractivity contribution in [1.29, 1.82) is 0 Å². The molecule has 1 fully saturated rings. The van der Waals surface area contributed by atoms with E-state index in [9.17, 15) is 4.79 Å². The van der Waals surface area contributed by atoms with Crippen molar-refractivity contribution in [2.45, 2.75) is 12.5 Å². The molecule has 4 nitrogen and oxygen atoms in total. The summed E-state index contributed by atoms with van der Waals surface area (Å²) in [4.78, 5) is 11.2. The van der Waals surface area contributed by atoms with E-state index in [0.29, 0.717) is 12.2 Å². The smallest absolute Gasteiger partial charge is 0.337 e. The van der Waals surface area contributed by atoms with Gasteiger partial charge in [0.05, 0.1) is 25.9 Å². The number of hydrogen-bond acceptors (Lipinski definition) is 4. The molecule has 0 spiro atoms. The van der Waals surface area contributed by atoms with Gasteiger partial charge in [0.2, 0.25) is 0 Å². The fraction of sp³-hybridized carbons (Fsp3) is 0.417. The molecular weight excluding hydrogens is 208 g/mol. The van der Waals surface area contributed by atoms with Crippen LogP contribution in [0.15, 0.2) is 24.3 Å². The van der Waals surface area contributed by atoms with Crippen LogP contribution >= 0.6 is 0 Å². The minimum absolute atomic E-state index is 0.129. The Morgan fingerprint density at radius 1 is 1.38 bits per heavy atom. The van der Waals surface area contributed by atoms with E-state index in [4.69, 9.17) is 9.47 Å². The second-order valence-corrected chi connectivity index (χ2v) is 3.62. The molecule has 1 aliphatic rings. The van der Waals surface area contributed by atoms with Crippen LogP contribution < -0.4 is 4.74 Å². The van der Waals surface area contributed by atoms with E-state index >= 15 is 0 Å². The van der Waals surface area contributed by atoms with E-state index < -0.39 is 0 Å². The Balaban J connectivity index is 1.98. The van der Waals surface area contributed by atoms with Crippen LogP contribution in [0.25, 0.3) is 0 Å². The minimum atomic E-state index is -0.337. The molecule has 0 amide bonds. The van der Waals surface area contributed by atoms with Crippen molar-refractivity contribution >= 4 is 5.97 Å². The monoisotopic (exact) mass is 222 g/mol. The van der Waals surface area contributed by atoms with Gasteiger partial charge in [0.15, 0.2) is 0 Å². The zero-order chi connectivity index (χ0) is 11.4. The Morgan fingerprint density at radius 2 is 2.12 bits per heavy atom. The molecule has 4 heteroatoms. The molecule has 1 saturated heterocycles. The molecule has 1 aromatic rings. The fourth-order valence-electron chi connectivity index (χ4n) is 1.59. The third-order valence-corrected chi connectivity index (χ3v) is 2.47. The van der Waals surface area contributed by atoms with E-state index in [1.807, 2.05) is 0 Å². The second-order valence-electron chi connectivity index (χ2n) is 3.62. The van der Waals surface area contributed by atoms with Gasteiger partial charge < -0.3 is 14.2 Å². The lowest BCUT2D eigenvalue weighted by atomic mass is 10.2. The second kappa shape index (κ2) is 4.99. The van der Waals surface area contributed by atoms with E-state index in [2.05, 4.69) is 4.74 Å². The molecular formula is C12H14O4. The van der Waals surface area contributed by atoms with Gasteiger partial charge in [-0.25, -0.2) is 4.79 Å². The molecule has 0 aromatic heterocycles. The highest BCUT2D eigenvalue weighted by atomic mass is 16.5. The Hall–Kier alpha value is -1.55. The molecule has 1 aromatic carbocycles. The summed E-state index contributed by atoms with van der Waals surface area (Å²) in [5, 5.41) is 0. The first-order valence-corrected chi connectivity index (χ1v) is 5.22. The number of rotatable bonds is 3. The molecule has 86 valence electrons. The zero-order valence-corrected chi connectivity index (χ0v) is 9.14. The summed E-state index contributed by atoms with van der Waals surface area (Å²) in [5.74, 6) is 0.416. The Morgan fingerprint density at radius 3 is 2.69 bits per heavy atom. The van der Waals surface area contributed by atoms with Gasteiger partial charge in [-0.15, -0.1) is 0 Å². The maximum absolute atomic E-state index is 11.2. The molecule has 0 aliphatic carbocycles. The predicted octanol–water partition coefficient (Wildman–Crippen LogP) is 1.64. The highest BCUT2D eigenvalue weighted by Crippen LogP contribution is 2.17. The van der Waals surface area contributed by atoms with E-state index in [1.165, 1.54) is 7.11 Å². The van der Waals surface area contributed by atoms with Gasteiger partial charge in [-0.1, -0.05) is 0 Å². The molecule has 1 atom stereocenters. The Kier molecular flexibility index (Phi) is 3.41. The number of ether oxygens (including phenoxy) is 3.